The Bertz CT molecular complexity index is 414. The number of hydrogen-bond donors (Lipinski definition) is 2. The molecule has 18 heavy (non-hydrogen) atoms. The van der Waals surface area contributed by atoms with E-state index in [2.05, 4.69) is 17.9 Å². The summed E-state index contributed by atoms with van der Waals surface area (Å²) in [5, 5.41) is 2.91. The molecule has 1 aliphatic rings. The number of rotatable bonds is 6. The molecule has 98 valence electrons. The van der Waals surface area contributed by atoms with Gasteiger partial charge in [0.15, 0.2) is 0 Å². The zero-order valence-corrected chi connectivity index (χ0v) is 11.2. The van der Waals surface area contributed by atoms with Crippen molar-refractivity contribution >= 4 is 18.5 Å². The monoisotopic (exact) mass is 267 g/mol. The van der Waals surface area contributed by atoms with Gasteiger partial charge in [0, 0.05) is 13.0 Å². The average Bonchev–Trinajstić information content (AvgIpc) is 3.12. The summed E-state index contributed by atoms with van der Waals surface area (Å²) < 4.78 is 12.7. The molecule has 2 rings (SSSR count). The summed E-state index contributed by atoms with van der Waals surface area (Å²) >= 11 is 4.28. The van der Waals surface area contributed by atoms with Gasteiger partial charge in [-0.3, -0.25) is 4.79 Å². The minimum atomic E-state index is -0.229. The van der Waals surface area contributed by atoms with Gasteiger partial charge in [0.25, 0.3) is 0 Å². The van der Waals surface area contributed by atoms with Gasteiger partial charge in [-0.25, -0.2) is 4.39 Å². The highest BCUT2D eigenvalue weighted by atomic mass is 32.1. The fraction of sp³-hybridized carbons (Fsp3) is 0.500. The van der Waals surface area contributed by atoms with Crippen LogP contribution in [0.25, 0.3) is 0 Å². The average molecular weight is 267 g/mol. The van der Waals surface area contributed by atoms with Crippen molar-refractivity contribution in [2.75, 3.05) is 12.3 Å². The molecule has 2 nitrogen and oxygen atoms in total. The molecule has 0 aliphatic heterocycles. The molecule has 0 spiro atoms. The maximum absolute atomic E-state index is 12.7. The summed E-state index contributed by atoms with van der Waals surface area (Å²) in [7, 11) is 0. The van der Waals surface area contributed by atoms with Crippen LogP contribution < -0.4 is 5.32 Å². The minimum absolute atomic E-state index is 0.101. The van der Waals surface area contributed by atoms with E-state index in [0.29, 0.717) is 13.0 Å². The molecule has 0 heterocycles. The van der Waals surface area contributed by atoms with Crippen LogP contribution in [0.15, 0.2) is 24.3 Å². The zero-order valence-electron chi connectivity index (χ0n) is 10.3. The molecule has 0 unspecified atom stereocenters. The van der Waals surface area contributed by atoms with Crippen molar-refractivity contribution in [1.29, 1.82) is 0 Å². The van der Waals surface area contributed by atoms with Gasteiger partial charge < -0.3 is 5.32 Å². The van der Waals surface area contributed by atoms with Crippen molar-refractivity contribution in [2.24, 2.45) is 5.41 Å². The molecule has 0 radical (unpaired) electrons. The van der Waals surface area contributed by atoms with E-state index >= 15 is 0 Å². The van der Waals surface area contributed by atoms with E-state index in [0.717, 1.165) is 30.6 Å². The minimum Gasteiger partial charge on any atom is -0.356 e. The Hall–Kier alpha value is -1.03. The Kier molecular flexibility index (Phi) is 4.27. The highest BCUT2D eigenvalue weighted by Crippen LogP contribution is 2.49. The molecule has 4 heteroatoms. The number of thiol groups is 1. The lowest BCUT2D eigenvalue weighted by molar-refractivity contribution is -0.122. The van der Waals surface area contributed by atoms with Gasteiger partial charge in [-0.05, 0) is 48.1 Å². The van der Waals surface area contributed by atoms with Gasteiger partial charge in [0.1, 0.15) is 5.82 Å². The Morgan fingerprint density at radius 3 is 2.56 bits per heavy atom. The summed E-state index contributed by atoms with van der Waals surface area (Å²) in [6.07, 6.45) is 3.55. The molecule has 1 aromatic carbocycles. The second-order valence-electron chi connectivity index (χ2n) is 5.06. The van der Waals surface area contributed by atoms with E-state index in [1.165, 1.54) is 12.1 Å². The molecular formula is C14H18FNOS. The van der Waals surface area contributed by atoms with Crippen LogP contribution in [0.3, 0.4) is 0 Å². The van der Waals surface area contributed by atoms with Crippen LogP contribution in [0.1, 0.15) is 24.8 Å². The predicted octanol–water partition coefficient (Wildman–Crippen LogP) is 2.58. The van der Waals surface area contributed by atoms with Crippen LogP contribution in [0.4, 0.5) is 4.39 Å². The summed E-state index contributed by atoms with van der Waals surface area (Å²) in [5.41, 5.74) is 1.20. The second kappa shape index (κ2) is 5.74. The summed E-state index contributed by atoms with van der Waals surface area (Å²) in [6, 6.07) is 6.38. The highest BCUT2D eigenvalue weighted by molar-refractivity contribution is 7.80. The standard InChI is InChI=1S/C14H18FNOS/c15-12-3-1-11(2-4-12)5-8-16-13(17)9-14(10-18)6-7-14/h1-4,18H,5-10H2,(H,16,17). The van der Waals surface area contributed by atoms with Crippen LogP contribution in [0.5, 0.6) is 0 Å². The van der Waals surface area contributed by atoms with E-state index in [1.807, 2.05) is 0 Å². The first kappa shape index (κ1) is 13.4. The third-order valence-electron chi connectivity index (χ3n) is 3.48. The molecule has 0 aromatic heterocycles. The second-order valence-corrected chi connectivity index (χ2v) is 5.38. The SMILES string of the molecule is O=C(CC1(CS)CC1)NCCc1ccc(F)cc1. The van der Waals surface area contributed by atoms with Crippen LogP contribution in [0, 0.1) is 11.2 Å². The lowest BCUT2D eigenvalue weighted by atomic mass is 10.1. The number of hydrogen-bond acceptors (Lipinski definition) is 2. The molecule has 1 amide bonds. The van der Waals surface area contributed by atoms with Crippen molar-refractivity contribution < 1.29 is 9.18 Å². The fourth-order valence-electron chi connectivity index (χ4n) is 1.97. The Balaban J connectivity index is 1.69. The van der Waals surface area contributed by atoms with Gasteiger partial charge in [-0.2, -0.15) is 12.6 Å². The molecular weight excluding hydrogens is 249 g/mol. The van der Waals surface area contributed by atoms with Gasteiger partial charge in [0.05, 0.1) is 0 Å². The smallest absolute Gasteiger partial charge is 0.220 e. The van der Waals surface area contributed by atoms with Gasteiger partial charge >= 0.3 is 0 Å². The lowest BCUT2D eigenvalue weighted by Crippen LogP contribution is -2.28. The van der Waals surface area contributed by atoms with E-state index in [1.54, 1.807) is 12.1 Å². The van der Waals surface area contributed by atoms with Crippen molar-refractivity contribution in [2.45, 2.75) is 25.7 Å². The quantitative estimate of drug-likeness (QED) is 0.762. The molecule has 1 saturated carbocycles. The number of halogens is 1. The first-order chi connectivity index (χ1) is 8.63. The number of carbonyl (C=O) groups is 1. The number of amides is 1. The van der Waals surface area contributed by atoms with Crippen LogP contribution in [0.2, 0.25) is 0 Å². The van der Waals surface area contributed by atoms with E-state index in [-0.39, 0.29) is 17.1 Å². The van der Waals surface area contributed by atoms with E-state index in [4.69, 9.17) is 0 Å². The maximum Gasteiger partial charge on any atom is 0.220 e. The Morgan fingerprint density at radius 2 is 2.00 bits per heavy atom. The van der Waals surface area contributed by atoms with Crippen LogP contribution >= 0.6 is 12.6 Å². The van der Waals surface area contributed by atoms with Crippen molar-refractivity contribution in [3.63, 3.8) is 0 Å². The molecule has 0 atom stereocenters. The molecule has 1 N–H and O–H groups in total. The number of benzene rings is 1. The van der Waals surface area contributed by atoms with E-state index in [9.17, 15) is 9.18 Å². The molecule has 0 bridgehead atoms. The number of nitrogens with one attached hydrogen (secondary N) is 1. The Morgan fingerprint density at radius 1 is 1.33 bits per heavy atom. The summed E-state index contributed by atoms with van der Waals surface area (Å²) in [4.78, 5) is 11.7. The van der Waals surface area contributed by atoms with Crippen LogP contribution in [-0.2, 0) is 11.2 Å². The molecule has 1 fully saturated rings. The van der Waals surface area contributed by atoms with Crippen molar-refractivity contribution in [3.8, 4) is 0 Å². The fourth-order valence-corrected chi connectivity index (χ4v) is 2.40. The molecule has 1 aliphatic carbocycles. The largest absolute Gasteiger partial charge is 0.356 e. The lowest BCUT2D eigenvalue weighted by Gasteiger charge is -2.11. The third-order valence-corrected chi connectivity index (χ3v) is 4.15. The van der Waals surface area contributed by atoms with Crippen molar-refractivity contribution in [3.05, 3.63) is 35.6 Å². The van der Waals surface area contributed by atoms with Gasteiger partial charge in [0.2, 0.25) is 5.91 Å². The third kappa shape index (κ3) is 3.73. The Labute approximate surface area is 112 Å². The topological polar surface area (TPSA) is 29.1 Å². The van der Waals surface area contributed by atoms with Crippen molar-refractivity contribution in [1.82, 2.24) is 5.32 Å². The van der Waals surface area contributed by atoms with E-state index < -0.39 is 0 Å². The van der Waals surface area contributed by atoms with Gasteiger partial charge in [-0.15, -0.1) is 0 Å². The zero-order chi connectivity index (χ0) is 13.0. The summed E-state index contributed by atoms with van der Waals surface area (Å²) in [5.74, 6) is 0.661. The molecule has 0 saturated heterocycles. The first-order valence-electron chi connectivity index (χ1n) is 6.26. The maximum atomic E-state index is 12.7. The molecule has 1 aromatic rings. The predicted molar refractivity (Wildman–Crippen MR) is 73.3 cm³/mol. The first-order valence-corrected chi connectivity index (χ1v) is 6.89. The normalized spacial score (nSPS) is 16.3. The highest BCUT2D eigenvalue weighted by Gasteiger charge is 2.42. The van der Waals surface area contributed by atoms with Gasteiger partial charge in [-0.1, -0.05) is 12.1 Å². The summed E-state index contributed by atoms with van der Waals surface area (Å²) in [6.45, 7) is 0.604. The number of carbonyl (C=O) groups excluding carboxylic acids is 1. The van der Waals surface area contributed by atoms with Crippen LogP contribution in [-0.4, -0.2) is 18.2 Å².